The van der Waals surface area contributed by atoms with Crippen LogP contribution in [0.4, 0.5) is 0 Å². The quantitative estimate of drug-likeness (QED) is 0.614. The molecule has 0 bridgehead atoms. The van der Waals surface area contributed by atoms with E-state index in [0.29, 0.717) is 37.4 Å². The van der Waals surface area contributed by atoms with E-state index in [1.54, 1.807) is 35.6 Å². The molecule has 3 aromatic rings. The fraction of sp³-hybridized carbons (Fsp3) is 0.318. The largest absolute Gasteiger partial charge is 0.379 e. The summed E-state index contributed by atoms with van der Waals surface area (Å²) in [5.41, 5.74) is 2.11. The number of morpholine rings is 1. The molecular weight excluding hydrogens is 434 g/mol. The molecule has 0 unspecified atom stereocenters. The smallest absolute Gasteiger partial charge is 0.254 e. The first-order chi connectivity index (χ1) is 14.9. The topological polar surface area (TPSA) is 80.6 Å². The van der Waals surface area contributed by atoms with Gasteiger partial charge in [-0.15, -0.1) is 11.3 Å². The summed E-state index contributed by atoms with van der Waals surface area (Å²) in [6.45, 7) is 5.48. The normalized spacial score (nSPS) is 15.2. The van der Waals surface area contributed by atoms with Gasteiger partial charge in [0, 0.05) is 36.9 Å². The Morgan fingerprint density at radius 2 is 1.77 bits per heavy atom. The molecule has 164 valence electrons. The Bertz CT molecular complexity index is 1180. The van der Waals surface area contributed by atoms with Crippen molar-refractivity contribution in [2.24, 2.45) is 0 Å². The molecule has 0 aliphatic carbocycles. The number of aromatic nitrogens is 1. The lowest BCUT2D eigenvalue weighted by atomic mass is 10.1. The highest BCUT2D eigenvalue weighted by Crippen LogP contribution is 2.31. The lowest BCUT2D eigenvalue weighted by Crippen LogP contribution is -2.41. The van der Waals surface area contributed by atoms with E-state index in [9.17, 15) is 13.2 Å². The molecule has 1 aliphatic heterocycles. The van der Waals surface area contributed by atoms with E-state index in [2.05, 4.69) is 5.32 Å². The van der Waals surface area contributed by atoms with E-state index < -0.39 is 10.0 Å². The van der Waals surface area contributed by atoms with Crippen LogP contribution in [0, 0.1) is 13.8 Å². The molecule has 4 rings (SSSR count). The fourth-order valence-corrected chi connectivity index (χ4v) is 6.37. The van der Waals surface area contributed by atoms with E-state index in [0.717, 1.165) is 15.4 Å². The average molecular weight is 460 g/mol. The summed E-state index contributed by atoms with van der Waals surface area (Å²) in [6.07, 6.45) is 3.82. The van der Waals surface area contributed by atoms with Gasteiger partial charge >= 0.3 is 0 Å². The standard InChI is InChI=1S/C22H25N3O4S2/c1-16-17(2)30-22(24-9-5-6-10-24)20(16)21(26)23-15-18-7-3-4-8-19(18)31(27,28)25-11-13-29-14-12-25/h3-10H,11-15H2,1-2H3,(H,23,26). The van der Waals surface area contributed by atoms with Gasteiger partial charge in [-0.25, -0.2) is 8.42 Å². The van der Waals surface area contributed by atoms with Crippen molar-refractivity contribution in [3.63, 3.8) is 0 Å². The summed E-state index contributed by atoms with van der Waals surface area (Å²) in [6, 6.07) is 10.7. The molecule has 0 spiro atoms. The lowest BCUT2D eigenvalue weighted by Gasteiger charge is -2.27. The van der Waals surface area contributed by atoms with E-state index in [1.807, 2.05) is 42.9 Å². The van der Waals surface area contributed by atoms with Crippen LogP contribution in [0.2, 0.25) is 0 Å². The first-order valence-electron chi connectivity index (χ1n) is 10.1. The predicted molar refractivity (Wildman–Crippen MR) is 120 cm³/mol. The molecule has 1 amide bonds. The van der Waals surface area contributed by atoms with Crippen molar-refractivity contribution in [1.29, 1.82) is 0 Å². The van der Waals surface area contributed by atoms with Crippen molar-refractivity contribution in [3.8, 4) is 5.00 Å². The number of hydrogen-bond donors (Lipinski definition) is 1. The van der Waals surface area contributed by atoms with Crippen LogP contribution in [-0.2, 0) is 21.3 Å². The molecule has 0 atom stereocenters. The van der Waals surface area contributed by atoms with Crippen molar-refractivity contribution in [2.45, 2.75) is 25.3 Å². The molecule has 1 saturated heterocycles. The zero-order valence-electron chi connectivity index (χ0n) is 17.5. The summed E-state index contributed by atoms with van der Waals surface area (Å²) >= 11 is 1.56. The van der Waals surface area contributed by atoms with Gasteiger partial charge in [-0.1, -0.05) is 18.2 Å². The number of nitrogens with zero attached hydrogens (tertiary/aromatic N) is 2. The van der Waals surface area contributed by atoms with Gasteiger partial charge < -0.3 is 14.6 Å². The second-order valence-corrected chi connectivity index (χ2v) is 10.5. The summed E-state index contributed by atoms with van der Waals surface area (Å²) in [4.78, 5) is 14.4. The maximum atomic E-state index is 13.1. The zero-order chi connectivity index (χ0) is 22.0. The number of carbonyl (C=O) groups excluding carboxylic acids is 1. The number of sulfonamides is 1. The maximum Gasteiger partial charge on any atom is 0.254 e. The van der Waals surface area contributed by atoms with Crippen LogP contribution in [0.15, 0.2) is 53.7 Å². The number of hydrogen-bond acceptors (Lipinski definition) is 5. The van der Waals surface area contributed by atoms with Gasteiger partial charge in [0.15, 0.2) is 0 Å². The molecule has 31 heavy (non-hydrogen) atoms. The predicted octanol–water partition coefficient (Wildman–Crippen LogP) is 3.11. The monoisotopic (exact) mass is 459 g/mol. The van der Waals surface area contributed by atoms with Gasteiger partial charge in [0.25, 0.3) is 5.91 Å². The van der Waals surface area contributed by atoms with Crippen molar-refractivity contribution in [1.82, 2.24) is 14.2 Å². The third-order valence-electron chi connectivity index (χ3n) is 5.43. The Kier molecular flexibility index (Phi) is 6.29. The molecule has 3 heterocycles. The minimum absolute atomic E-state index is 0.123. The molecule has 7 nitrogen and oxygen atoms in total. The van der Waals surface area contributed by atoms with Crippen LogP contribution in [0.1, 0.15) is 26.4 Å². The van der Waals surface area contributed by atoms with E-state index >= 15 is 0 Å². The van der Waals surface area contributed by atoms with Crippen LogP contribution < -0.4 is 5.32 Å². The van der Waals surface area contributed by atoms with Crippen LogP contribution in [0.25, 0.3) is 5.00 Å². The van der Waals surface area contributed by atoms with Crippen molar-refractivity contribution < 1.29 is 17.9 Å². The van der Waals surface area contributed by atoms with Gasteiger partial charge in [-0.2, -0.15) is 4.31 Å². The number of rotatable bonds is 6. The van der Waals surface area contributed by atoms with Gasteiger partial charge in [-0.3, -0.25) is 4.79 Å². The number of thiophene rings is 1. The van der Waals surface area contributed by atoms with Crippen molar-refractivity contribution >= 4 is 27.3 Å². The van der Waals surface area contributed by atoms with Crippen LogP contribution >= 0.6 is 11.3 Å². The minimum Gasteiger partial charge on any atom is -0.379 e. The van der Waals surface area contributed by atoms with E-state index in [4.69, 9.17) is 4.74 Å². The number of benzene rings is 1. The molecule has 9 heteroatoms. The molecule has 1 fully saturated rings. The Morgan fingerprint density at radius 3 is 2.48 bits per heavy atom. The highest BCUT2D eigenvalue weighted by Gasteiger charge is 2.28. The molecular formula is C22H25N3O4S2. The second-order valence-electron chi connectivity index (χ2n) is 7.36. The molecule has 0 saturated carbocycles. The average Bonchev–Trinajstić information content (AvgIpc) is 3.41. The fourth-order valence-electron chi connectivity index (χ4n) is 3.62. The SMILES string of the molecule is Cc1sc(-n2cccc2)c(C(=O)NCc2ccccc2S(=O)(=O)N2CCOCC2)c1C. The third-order valence-corrected chi connectivity index (χ3v) is 8.65. The summed E-state index contributed by atoms with van der Waals surface area (Å²) in [7, 11) is -3.65. The minimum atomic E-state index is -3.65. The Hall–Kier alpha value is -2.46. The van der Waals surface area contributed by atoms with Gasteiger partial charge in [-0.05, 0) is 43.2 Å². The van der Waals surface area contributed by atoms with Crippen LogP contribution in [0.5, 0.6) is 0 Å². The summed E-state index contributed by atoms with van der Waals surface area (Å²) in [5.74, 6) is -0.218. The highest BCUT2D eigenvalue weighted by atomic mass is 32.2. The van der Waals surface area contributed by atoms with Crippen LogP contribution in [-0.4, -0.2) is 49.5 Å². The Labute approximate surface area is 186 Å². The lowest BCUT2D eigenvalue weighted by molar-refractivity contribution is 0.0730. The summed E-state index contributed by atoms with van der Waals surface area (Å²) in [5, 5.41) is 3.79. The second kappa shape index (κ2) is 8.96. The molecule has 1 N–H and O–H groups in total. The highest BCUT2D eigenvalue weighted by molar-refractivity contribution is 7.89. The molecule has 2 aromatic heterocycles. The summed E-state index contributed by atoms with van der Waals surface area (Å²) < 4.78 is 34.9. The van der Waals surface area contributed by atoms with Crippen molar-refractivity contribution in [2.75, 3.05) is 26.3 Å². The number of aryl methyl sites for hydroxylation is 1. The first-order valence-corrected chi connectivity index (χ1v) is 12.3. The Morgan fingerprint density at radius 1 is 1.10 bits per heavy atom. The zero-order valence-corrected chi connectivity index (χ0v) is 19.1. The van der Waals surface area contributed by atoms with E-state index in [1.165, 1.54) is 4.31 Å². The van der Waals surface area contributed by atoms with Gasteiger partial charge in [0.2, 0.25) is 10.0 Å². The molecule has 1 aliphatic rings. The molecule has 0 radical (unpaired) electrons. The third kappa shape index (κ3) is 4.31. The number of carbonyl (C=O) groups is 1. The Balaban J connectivity index is 1.58. The molecule has 1 aromatic carbocycles. The maximum absolute atomic E-state index is 13.1. The van der Waals surface area contributed by atoms with E-state index in [-0.39, 0.29) is 17.3 Å². The number of amides is 1. The van der Waals surface area contributed by atoms with Gasteiger partial charge in [0.1, 0.15) is 5.00 Å². The number of ether oxygens (including phenoxy) is 1. The number of nitrogens with one attached hydrogen (secondary N) is 1. The van der Waals surface area contributed by atoms with Crippen LogP contribution in [0.3, 0.4) is 0 Å². The van der Waals surface area contributed by atoms with Crippen molar-refractivity contribution in [3.05, 3.63) is 70.4 Å². The van der Waals surface area contributed by atoms with Gasteiger partial charge in [0.05, 0.1) is 23.7 Å². The first kappa shape index (κ1) is 21.8.